The molecular weight excluding hydrogens is 250 g/mol. The highest BCUT2D eigenvalue weighted by molar-refractivity contribution is 5.92. The summed E-state index contributed by atoms with van der Waals surface area (Å²) in [6, 6.07) is 8.19. The number of aryl methyl sites for hydroxylation is 1. The summed E-state index contributed by atoms with van der Waals surface area (Å²) in [7, 11) is 0. The predicted octanol–water partition coefficient (Wildman–Crippen LogP) is 3.04. The molecule has 0 saturated heterocycles. The van der Waals surface area contributed by atoms with E-state index in [1.54, 1.807) is 0 Å². The maximum absolute atomic E-state index is 5.84. The van der Waals surface area contributed by atoms with Gasteiger partial charge in [0.1, 0.15) is 0 Å². The molecule has 1 rings (SSSR count). The molecular formula is C16H27N3O. The van der Waals surface area contributed by atoms with E-state index in [1.807, 2.05) is 12.1 Å². The van der Waals surface area contributed by atoms with Crippen LogP contribution >= 0.6 is 0 Å². The maximum atomic E-state index is 5.84. The van der Waals surface area contributed by atoms with Gasteiger partial charge in [0.15, 0.2) is 5.96 Å². The van der Waals surface area contributed by atoms with Gasteiger partial charge in [-0.15, -0.1) is 0 Å². The van der Waals surface area contributed by atoms with Crippen LogP contribution < -0.4 is 11.1 Å². The second-order valence-electron chi connectivity index (χ2n) is 5.24. The molecule has 0 bridgehead atoms. The number of rotatable bonds is 8. The first-order chi connectivity index (χ1) is 9.61. The largest absolute Gasteiger partial charge is 0.380 e. The first kappa shape index (κ1) is 16.5. The Balaban J connectivity index is 2.27. The molecule has 0 fully saturated rings. The van der Waals surface area contributed by atoms with Gasteiger partial charge in [-0.1, -0.05) is 32.9 Å². The predicted molar refractivity (Wildman–Crippen MR) is 86.2 cm³/mol. The number of nitrogens with two attached hydrogens (primary N) is 1. The molecule has 0 aliphatic rings. The Bertz CT molecular complexity index is 416. The molecule has 0 aliphatic carbocycles. The Morgan fingerprint density at radius 1 is 1.35 bits per heavy atom. The Morgan fingerprint density at radius 3 is 2.85 bits per heavy atom. The van der Waals surface area contributed by atoms with Gasteiger partial charge in [-0.25, -0.2) is 0 Å². The average molecular weight is 277 g/mol. The zero-order valence-electron chi connectivity index (χ0n) is 12.9. The minimum atomic E-state index is 0.436. The summed E-state index contributed by atoms with van der Waals surface area (Å²) in [5, 5.41) is 3.10. The van der Waals surface area contributed by atoms with Crippen LogP contribution in [0.2, 0.25) is 0 Å². The molecule has 0 heterocycles. The topological polar surface area (TPSA) is 59.6 Å². The molecule has 112 valence electrons. The average Bonchev–Trinajstić information content (AvgIpc) is 2.42. The van der Waals surface area contributed by atoms with Gasteiger partial charge in [0.25, 0.3) is 0 Å². The van der Waals surface area contributed by atoms with Crippen LogP contribution in [0.15, 0.2) is 29.3 Å². The number of hydrogen-bond acceptors (Lipinski definition) is 2. The minimum Gasteiger partial charge on any atom is -0.380 e. The summed E-state index contributed by atoms with van der Waals surface area (Å²) in [5.74, 6) is 1.11. The van der Waals surface area contributed by atoms with Crippen LogP contribution in [0.3, 0.4) is 0 Å². The maximum Gasteiger partial charge on any atom is 0.193 e. The SMILES string of the molecule is CCc1cccc(NC(N)=NCCOCCC(C)C)c1. The molecule has 0 aliphatic heterocycles. The lowest BCUT2D eigenvalue weighted by Gasteiger charge is -2.08. The molecule has 3 N–H and O–H groups in total. The number of anilines is 1. The monoisotopic (exact) mass is 277 g/mol. The molecule has 0 unspecified atom stereocenters. The van der Waals surface area contributed by atoms with Crippen LogP contribution in [0.25, 0.3) is 0 Å². The van der Waals surface area contributed by atoms with Crippen LogP contribution in [0.1, 0.15) is 32.8 Å². The van der Waals surface area contributed by atoms with E-state index in [4.69, 9.17) is 10.5 Å². The summed E-state index contributed by atoms with van der Waals surface area (Å²) in [6.45, 7) is 8.50. The number of nitrogens with one attached hydrogen (secondary N) is 1. The van der Waals surface area contributed by atoms with E-state index in [0.717, 1.165) is 25.1 Å². The summed E-state index contributed by atoms with van der Waals surface area (Å²) < 4.78 is 5.49. The second-order valence-corrected chi connectivity index (χ2v) is 5.24. The molecule has 0 radical (unpaired) electrons. The van der Waals surface area contributed by atoms with Crippen molar-refractivity contribution in [3.63, 3.8) is 0 Å². The normalized spacial score (nSPS) is 11.9. The van der Waals surface area contributed by atoms with Crippen molar-refractivity contribution in [1.82, 2.24) is 0 Å². The molecule has 0 amide bonds. The number of nitrogens with zero attached hydrogens (tertiary/aromatic N) is 1. The van der Waals surface area contributed by atoms with Crippen molar-refractivity contribution in [2.75, 3.05) is 25.1 Å². The molecule has 0 saturated carbocycles. The first-order valence-corrected chi connectivity index (χ1v) is 7.35. The highest BCUT2D eigenvalue weighted by Crippen LogP contribution is 2.10. The molecule has 1 aromatic rings. The Hall–Kier alpha value is -1.55. The Labute approximate surface area is 122 Å². The van der Waals surface area contributed by atoms with E-state index >= 15 is 0 Å². The molecule has 4 heteroatoms. The van der Waals surface area contributed by atoms with E-state index in [-0.39, 0.29) is 0 Å². The summed E-state index contributed by atoms with van der Waals surface area (Å²) in [4.78, 5) is 4.25. The fraction of sp³-hybridized carbons (Fsp3) is 0.562. The van der Waals surface area contributed by atoms with Gasteiger partial charge in [-0.2, -0.15) is 0 Å². The minimum absolute atomic E-state index is 0.436. The fourth-order valence-corrected chi connectivity index (χ4v) is 1.71. The third-order valence-corrected chi connectivity index (χ3v) is 2.96. The Morgan fingerprint density at radius 2 is 2.15 bits per heavy atom. The fourth-order valence-electron chi connectivity index (χ4n) is 1.71. The number of ether oxygens (including phenoxy) is 1. The number of guanidine groups is 1. The lowest BCUT2D eigenvalue weighted by atomic mass is 10.1. The van der Waals surface area contributed by atoms with E-state index in [9.17, 15) is 0 Å². The van der Waals surface area contributed by atoms with Gasteiger partial charge >= 0.3 is 0 Å². The van der Waals surface area contributed by atoms with Crippen molar-refractivity contribution in [3.05, 3.63) is 29.8 Å². The smallest absolute Gasteiger partial charge is 0.193 e. The van der Waals surface area contributed by atoms with Gasteiger partial charge in [0.05, 0.1) is 13.2 Å². The van der Waals surface area contributed by atoms with Gasteiger partial charge in [-0.05, 0) is 36.5 Å². The number of hydrogen-bond donors (Lipinski definition) is 2. The van der Waals surface area contributed by atoms with Crippen LogP contribution in [0.5, 0.6) is 0 Å². The molecule has 20 heavy (non-hydrogen) atoms. The van der Waals surface area contributed by atoms with Crippen LogP contribution in [-0.4, -0.2) is 25.7 Å². The van der Waals surface area contributed by atoms with Crippen molar-refractivity contribution in [2.24, 2.45) is 16.6 Å². The van der Waals surface area contributed by atoms with Gasteiger partial charge in [0, 0.05) is 12.3 Å². The van der Waals surface area contributed by atoms with Crippen LogP contribution in [0, 0.1) is 5.92 Å². The lowest BCUT2D eigenvalue weighted by Crippen LogP contribution is -2.23. The highest BCUT2D eigenvalue weighted by atomic mass is 16.5. The standard InChI is InChI=1S/C16H27N3O/c1-4-14-6-5-7-15(12-14)19-16(17)18-9-11-20-10-8-13(2)3/h5-7,12-13H,4,8-11H2,1-3H3,(H3,17,18,19). The van der Waals surface area contributed by atoms with E-state index in [2.05, 4.69) is 43.2 Å². The zero-order chi connectivity index (χ0) is 14.8. The zero-order valence-corrected chi connectivity index (χ0v) is 12.9. The summed E-state index contributed by atoms with van der Waals surface area (Å²) in [5.41, 5.74) is 8.10. The second kappa shape index (κ2) is 9.37. The third kappa shape index (κ3) is 7.14. The van der Waals surface area contributed by atoms with E-state index < -0.39 is 0 Å². The molecule has 1 aromatic carbocycles. The molecule has 0 spiro atoms. The van der Waals surface area contributed by atoms with Crippen LogP contribution in [0.4, 0.5) is 5.69 Å². The van der Waals surface area contributed by atoms with Crippen molar-refractivity contribution in [3.8, 4) is 0 Å². The van der Waals surface area contributed by atoms with E-state index in [0.29, 0.717) is 25.0 Å². The van der Waals surface area contributed by atoms with Crippen LogP contribution in [-0.2, 0) is 11.2 Å². The Kier molecular flexibility index (Phi) is 7.73. The number of aliphatic imine (C=N–C) groups is 1. The van der Waals surface area contributed by atoms with Gasteiger partial charge in [-0.3, -0.25) is 4.99 Å². The molecule has 4 nitrogen and oxygen atoms in total. The molecule has 0 atom stereocenters. The van der Waals surface area contributed by atoms with Crippen molar-refractivity contribution in [1.29, 1.82) is 0 Å². The molecule has 0 aromatic heterocycles. The summed E-state index contributed by atoms with van der Waals surface area (Å²) in [6.07, 6.45) is 2.09. The van der Waals surface area contributed by atoms with Crippen molar-refractivity contribution < 1.29 is 4.74 Å². The third-order valence-electron chi connectivity index (χ3n) is 2.96. The first-order valence-electron chi connectivity index (χ1n) is 7.35. The summed E-state index contributed by atoms with van der Waals surface area (Å²) >= 11 is 0. The highest BCUT2D eigenvalue weighted by Gasteiger charge is 1.97. The quantitative estimate of drug-likeness (QED) is 0.436. The van der Waals surface area contributed by atoms with E-state index in [1.165, 1.54) is 5.56 Å². The van der Waals surface area contributed by atoms with Crippen molar-refractivity contribution in [2.45, 2.75) is 33.6 Å². The van der Waals surface area contributed by atoms with Crippen molar-refractivity contribution >= 4 is 11.6 Å². The lowest BCUT2D eigenvalue weighted by molar-refractivity contribution is 0.131. The van der Waals surface area contributed by atoms with Gasteiger partial charge in [0.2, 0.25) is 0 Å². The van der Waals surface area contributed by atoms with Gasteiger partial charge < -0.3 is 15.8 Å². The number of benzene rings is 1.